The van der Waals surface area contributed by atoms with Crippen molar-refractivity contribution in [1.29, 1.82) is 0 Å². The van der Waals surface area contributed by atoms with Gasteiger partial charge in [-0.15, -0.1) is 0 Å². The molecule has 34 heavy (non-hydrogen) atoms. The normalized spacial score (nSPS) is 16.2. The predicted molar refractivity (Wildman–Crippen MR) is 129 cm³/mol. The summed E-state index contributed by atoms with van der Waals surface area (Å²) in [6.45, 7) is 8.72. The van der Waals surface area contributed by atoms with Crippen LogP contribution < -0.4 is 10.1 Å². The van der Waals surface area contributed by atoms with Gasteiger partial charge in [0, 0.05) is 17.8 Å². The Hall–Kier alpha value is -3.81. The molecule has 4 rings (SSSR count). The van der Waals surface area contributed by atoms with Gasteiger partial charge in [0.15, 0.2) is 11.5 Å². The summed E-state index contributed by atoms with van der Waals surface area (Å²) >= 11 is 0. The van der Waals surface area contributed by atoms with Gasteiger partial charge in [-0.2, -0.15) is 4.98 Å². The van der Waals surface area contributed by atoms with Crippen LogP contribution in [0.4, 0.5) is 4.79 Å². The lowest BCUT2D eigenvalue weighted by atomic mass is 9.94. The van der Waals surface area contributed by atoms with Gasteiger partial charge in [0.05, 0.1) is 18.7 Å². The molecule has 2 aromatic carbocycles. The highest BCUT2D eigenvalue weighted by atomic mass is 16.5. The SMILES string of the molecule is COc1ccc(C2NC(=O)N(CCC(C)C)C(C)=C2c2nc(-c3ccc(C)cc3)no2)cc1O. The van der Waals surface area contributed by atoms with Crippen LogP contribution in [-0.2, 0) is 0 Å². The minimum Gasteiger partial charge on any atom is -0.504 e. The van der Waals surface area contributed by atoms with E-state index in [9.17, 15) is 9.90 Å². The number of nitrogens with one attached hydrogen (secondary N) is 1. The highest BCUT2D eigenvalue weighted by Crippen LogP contribution is 2.39. The van der Waals surface area contributed by atoms with E-state index in [2.05, 4.69) is 29.3 Å². The van der Waals surface area contributed by atoms with Crippen LogP contribution in [0.5, 0.6) is 11.5 Å². The van der Waals surface area contributed by atoms with Gasteiger partial charge in [-0.25, -0.2) is 4.79 Å². The molecule has 0 spiro atoms. The summed E-state index contributed by atoms with van der Waals surface area (Å²) in [6.07, 6.45) is 0.852. The summed E-state index contributed by atoms with van der Waals surface area (Å²) in [5.41, 5.74) is 4.09. The second-order valence-corrected chi connectivity index (χ2v) is 8.94. The van der Waals surface area contributed by atoms with Crippen molar-refractivity contribution >= 4 is 11.6 Å². The standard InChI is InChI=1S/C26H30N4O4/c1-15(2)12-13-30-17(4)22(25-28-24(29-34-25)18-8-6-16(3)7-9-18)23(27-26(30)32)19-10-11-21(33-5)20(31)14-19/h6-11,14-15,23,31H,12-13H2,1-5H3,(H,27,32). The number of hydrogen-bond donors (Lipinski definition) is 2. The average Bonchev–Trinajstić information content (AvgIpc) is 3.28. The lowest BCUT2D eigenvalue weighted by Gasteiger charge is -2.35. The number of benzene rings is 2. The third-order valence-corrected chi connectivity index (χ3v) is 6.03. The number of rotatable bonds is 7. The molecule has 2 heterocycles. The molecule has 0 fully saturated rings. The molecule has 8 heteroatoms. The molecule has 0 saturated carbocycles. The molecule has 1 unspecified atom stereocenters. The first-order valence-electron chi connectivity index (χ1n) is 11.3. The zero-order valence-corrected chi connectivity index (χ0v) is 20.1. The fourth-order valence-electron chi connectivity index (χ4n) is 4.00. The third-order valence-electron chi connectivity index (χ3n) is 6.03. The highest BCUT2D eigenvalue weighted by molar-refractivity contribution is 5.87. The van der Waals surface area contributed by atoms with Gasteiger partial charge in [-0.05, 0) is 43.9 Å². The molecule has 8 nitrogen and oxygen atoms in total. The number of phenolic OH excluding ortho intramolecular Hbond substituents is 1. The zero-order chi connectivity index (χ0) is 24.4. The van der Waals surface area contributed by atoms with E-state index in [0.29, 0.717) is 41.1 Å². The molecule has 0 radical (unpaired) electrons. The molecular weight excluding hydrogens is 432 g/mol. The molecule has 1 atom stereocenters. The van der Waals surface area contributed by atoms with Crippen LogP contribution in [0.2, 0.25) is 0 Å². The van der Waals surface area contributed by atoms with Gasteiger partial charge in [-0.3, -0.25) is 4.90 Å². The number of carbonyl (C=O) groups excluding carboxylic acids is 1. The molecule has 1 aliphatic heterocycles. The summed E-state index contributed by atoms with van der Waals surface area (Å²) in [6, 6.07) is 12.1. The minimum atomic E-state index is -0.578. The Balaban J connectivity index is 1.79. The summed E-state index contributed by atoms with van der Waals surface area (Å²) in [7, 11) is 1.49. The number of hydrogen-bond acceptors (Lipinski definition) is 6. The zero-order valence-electron chi connectivity index (χ0n) is 20.1. The number of carbonyl (C=O) groups is 1. The quantitative estimate of drug-likeness (QED) is 0.494. The molecular formula is C26H30N4O4. The van der Waals surface area contributed by atoms with E-state index in [1.807, 2.05) is 38.1 Å². The van der Waals surface area contributed by atoms with E-state index in [1.165, 1.54) is 7.11 Å². The molecule has 178 valence electrons. The van der Waals surface area contributed by atoms with E-state index < -0.39 is 6.04 Å². The number of amides is 2. The summed E-state index contributed by atoms with van der Waals surface area (Å²) in [4.78, 5) is 19.5. The monoisotopic (exact) mass is 462 g/mol. The molecule has 0 bridgehead atoms. The van der Waals surface area contributed by atoms with E-state index in [-0.39, 0.29) is 11.8 Å². The molecule has 0 saturated heterocycles. The Kier molecular flexibility index (Phi) is 6.58. The number of ether oxygens (including phenoxy) is 1. The number of urea groups is 1. The number of methoxy groups -OCH3 is 1. The first kappa shape index (κ1) is 23.4. The fraction of sp³-hybridized carbons (Fsp3) is 0.346. The number of nitrogens with zero attached hydrogens (tertiary/aromatic N) is 3. The van der Waals surface area contributed by atoms with Crippen molar-refractivity contribution in [3.63, 3.8) is 0 Å². The van der Waals surface area contributed by atoms with Crippen molar-refractivity contribution < 1.29 is 19.2 Å². The van der Waals surface area contributed by atoms with Gasteiger partial charge in [-0.1, -0.05) is 54.9 Å². The fourth-order valence-corrected chi connectivity index (χ4v) is 4.00. The maximum absolute atomic E-state index is 13.1. The topological polar surface area (TPSA) is 101 Å². The Morgan fingerprint density at radius 1 is 1.18 bits per heavy atom. The molecule has 2 amide bonds. The largest absolute Gasteiger partial charge is 0.504 e. The van der Waals surface area contributed by atoms with Crippen LogP contribution in [0.15, 0.2) is 52.7 Å². The first-order chi connectivity index (χ1) is 16.3. The molecule has 3 aromatic rings. The Labute approximate surface area is 199 Å². The maximum atomic E-state index is 13.1. The van der Waals surface area contributed by atoms with Crippen LogP contribution >= 0.6 is 0 Å². The third kappa shape index (κ3) is 4.62. The number of aromatic nitrogens is 2. The van der Waals surface area contributed by atoms with E-state index in [0.717, 1.165) is 23.2 Å². The Bertz CT molecular complexity index is 1210. The molecule has 1 aromatic heterocycles. The van der Waals surface area contributed by atoms with Crippen LogP contribution in [0.25, 0.3) is 17.0 Å². The van der Waals surface area contributed by atoms with E-state index >= 15 is 0 Å². The summed E-state index contributed by atoms with van der Waals surface area (Å²) in [5, 5.41) is 17.6. The lowest BCUT2D eigenvalue weighted by Crippen LogP contribution is -2.46. The first-order valence-corrected chi connectivity index (χ1v) is 11.3. The van der Waals surface area contributed by atoms with Gasteiger partial charge < -0.3 is 19.7 Å². The van der Waals surface area contributed by atoms with E-state index in [4.69, 9.17) is 9.26 Å². The number of allylic oxidation sites excluding steroid dienone is 1. The molecule has 2 N–H and O–H groups in total. The smallest absolute Gasteiger partial charge is 0.322 e. The average molecular weight is 463 g/mol. The second-order valence-electron chi connectivity index (χ2n) is 8.94. The van der Waals surface area contributed by atoms with Gasteiger partial charge in [0.1, 0.15) is 0 Å². The second kappa shape index (κ2) is 9.59. The maximum Gasteiger partial charge on any atom is 0.322 e. The van der Waals surface area contributed by atoms with Crippen LogP contribution in [0.3, 0.4) is 0 Å². The Morgan fingerprint density at radius 3 is 2.56 bits per heavy atom. The molecule has 0 aliphatic carbocycles. The van der Waals surface area contributed by atoms with Crippen molar-refractivity contribution in [2.24, 2.45) is 5.92 Å². The van der Waals surface area contributed by atoms with Gasteiger partial charge >= 0.3 is 6.03 Å². The van der Waals surface area contributed by atoms with Crippen LogP contribution in [-0.4, -0.2) is 39.8 Å². The lowest BCUT2D eigenvalue weighted by molar-refractivity contribution is 0.202. The highest BCUT2D eigenvalue weighted by Gasteiger charge is 2.36. The number of aryl methyl sites for hydroxylation is 1. The Morgan fingerprint density at radius 2 is 1.91 bits per heavy atom. The predicted octanol–water partition coefficient (Wildman–Crippen LogP) is 5.30. The summed E-state index contributed by atoms with van der Waals surface area (Å²) < 4.78 is 10.9. The van der Waals surface area contributed by atoms with Crippen molar-refractivity contribution in [2.75, 3.05) is 13.7 Å². The van der Waals surface area contributed by atoms with Crippen molar-refractivity contribution in [2.45, 2.75) is 40.2 Å². The minimum absolute atomic E-state index is 0.0145. The summed E-state index contributed by atoms with van der Waals surface area (Å²) in [5.74, 6) is 1.57. The van der Waals surface area contributed by atoms with Crippen molar-refractivity contribution in [3.05, 3.63) is 65.2 Å². The van der Waals surface area contributed by atoms with Gasteiger partial charge in [0.25, 0.3) is 5.89 Å². The molecule has 1 aliphatic rings. The van der Waals surface area contributed by atoms with Crippen LogP contribution in [0.1, 0.15) is 50.3 Å². The number of aromatic hydroxyl groups is 1. The van der Waals surface area contributed by atoms with Crippen molar-refractivity contribution in [3.8, 4) is 22.9 Å². The van der Waals surface area contributed by atoms with Gasteiger partial charge in [0.2, 0.25) is 5.82 Å². The number of phenols is 1. The van der Waals surface area contributed by atoms with Crippen LogP contribution in [0, 0.1) is 12.8 Å². The van der Waals surface area contributed by atoms with E-state index in [1.54, 1.807) is 23.1 Å². The van der Waals surface area contributed by atoms with Crippen molar-refractivity contribution in [1.82, 2.24) is 20.4 Å².